The predicted octanol–water partition coefficient (Wildman–Crippen LogP) is 5.33. The molecule has 7 heteroatoms. The van der Waals surface area contributed by atoms with Crippen molar-refractivity contribution < 1.29 is 14.0 Å². The van der Waals surface area contributed by atoms with E-state index in [4.69, 9.17) is 9.57 Å². The normalized spacial score (nSPS) is 21.1. The standard InChI is InChI=1S/C26H27FN4O2/c1-17-12-23(30-15-18(2)28-16-30)24(32-4)14-20(17)13-19-6-5-11-31-25(19)29-33-26(31,3)21-7-9-22(27)10-8-21/h7-10,12-16H,5-6,11H2,1-4H3/b19-13+. The molecule has 0 bridgehead atoms. The predicted molar refractivity (Wildman–Crippen MR) is 126 cm³/mol. The van der Waals surface area contributed by atoms with Crippen LogP contribution in [0.4, 0.5) is 4.39 Å². The lowest BCUT2D eigenvalue weighted by molar-refractivity contribution is -0.0913. The molecule has 170 valence electrons. The van der Waals surface area contributed by atoms with Gasteiger partial charge in [0.05, 0.1) is 24.8 Å². The molecule has 6 nitrogen and oxygen atoms in total. The van der Waals surface area contributed by atoms with Crippen LogP contribution in [0.3, 0.4) is 0 Å². The van der Waals surface area contributed by atoms with Crippen molar-refractivity contribution in [2.24, 2.45) is 5.16 Å². The highest BCUT2D eigenvalue weighted by molar-refractivity contribution is 6.03. The average molecular weight is 447 g/mol. The Hall–Kier alpha value is -3.61. The molecule has 33 heavy (non-hydrogen) atoms. The van der Waals surface area contributed by atoms with Crippen molar-refractivity contribution in [2.75, 3.05) is 13.7 Å². The first kappa shape index (κ1) is 21.2. The maximum absolute atomic E-state index is 13.5. The Balaban J connectivity index is 1.49. The first-order chi connectivity index (χ1) is 15.9. The van der Waals surface area contributed by atoms with E-state index < -0.39 is 5.72 Å². The van der Waals surface area contributed by atoms with Crippen LogP contribution in [-0.4, -0.2) is 33.9 Å². The fourth-order valence-electron chi connectivity index (χ4n) is 4.58. The van der Waals surface area contributed by atoms with Crippen molar-refractivity contribution in [1.82, 2.24) is 14.5 Å². The molecular formula is C26H27FN4O2. The third-order valence-electron chi connectivity index (χ3n) is 6.46. The Labute approximate surface area is 192 Å². The van der Waals surface area contributed by atoms with Gasteiger partial charge in [-0.1, -0.05) is 17.3 Å². The number of aryl methyl sites for hydroxylation is 2. The van der Waals surface area contributed by atoms with Crippen LogP contribution in [0.2, 0.25) is 0 Å². The molecule has 3 heterocycles. The van der Waals surface area contributed by atoms with Crippen molar-refractivity contribution in [3.05, 3.63) is 82.7 Å². The number of nitrogens with zero attached hydrogens (tertiary/aromatic N) is 4. The van der Waals surface area contributed by atoms with Crippen LogP contribution in [0.25, 0.3) is 11.8 Å². The van der Waals surface area contributed by atoms with E-state index in [1.807, 2.05) is 24.6 Å². The minimum absolute atomic E-state index is 0.264. The van der Waals surface area contributed by atoms with Gasteiger partial charge in [-0.15, -0.1) is 0 Å². The Kier molecular flexibility index (Phi) is 5.19. The third-order valence-corrected chi connectivity index (χ3v) is 6.46. The van der Waals surface area contributed by atoms with Crippen LogP contribution in [0.1, 0.15) is 42.1 Å². The Morgan fingerprint density at radius 2 is 1.97 bits per heavy atom. The number of rotatable bonds is 4. The zero-order valence-corrected chi connectivity index (χ0v) is 19.3. The van der Waals surface area contributed by atoms with Crippen LogP contribution in [-0.2, 0) is 10.6 Å². The highest BCUT2D eigenvalue weighted by Crippen LogP contribution is 2.40. The number of piperidine rings is 1. The van der Waals surface area contributed by atoms with Crippen molar-refractivity contribution in [1.29, 1.82) is 0 Å². The summed E-state index contributed by atoms with van der Waals surface area (Å²) in [5.74, 6) is 1.35. The van der Waals surface area contributed by atoms with Crippen LogP contribution >= 0.6 is 0 Å². The van der Waals surface area contributed by atoms with Crippen LogP contribution in [0.15, 0.2) is 59.7 Å². The quantitative estimate of drug-likeness (QED) is 0.543. The van der Waals surface area contributed by atoms with Gasteiger partial charge in [-0.2, -0.15) is 0 Å². The summed E-state index contributed by atoms with van der Waals surface area (Å²) in [6.45, 7) is 6.87. The van der Waals surface area contributed by atoms with E-state index in [-0.39, 0.29) is 5.82 Å². The number of oxime groups is 1. The van der Waals surface area contributed by atoms with Crippen LogP contribution in [0.5, 0.6) is 5.75 Å². The molecular weight excluding hydrogens is 419 g/mol. The van der Waals surface area contributed by atoms with Crippen molar-refractivity contribution in [3.8, 4) is 11.4 Å². The van der Waals surface area contributed by atoms with E-state index in [0.29, 0.717) is 0 Å². The maximum Gasteiger partial charge on any atom is 0.234 e. The average Bonchev–Trinajstić information content (AvgIpc) is 3.40. The largest absolute Gasteiger partial charge is 0.495 e. The minimum Gasteiger partial charge on any atom is -0.495 e. The number of hydrogen-bond acceptors (Lipinski definition) is 5. The highest BCUT2D eigenvalue weighted by Gasteiger charge is 2.45. The second-order valence-corrected chi connectivity index (χ2v) is 8.72. The van der Waals surface area contributed by atoms with Crippen LogP contribution in [0, 0.1) is 19.7 Å². The van der Waals surface area contributed by atoms with E-state index in [0.717, 1.165) is 64.6 Å². The van der Waals surface area contributed by atoms with Crippen molar-refractivity contribution in [2.45, 2.75) is 39.3 Å². The van der Waals surface area contributed by atoms with Crippen molar-refractivity contribution >= 4 is 11.9 Å². The molecule has 5 rings (SSSR count). The highest BCUT2D eigenvalue weighted by atomic mass is 19.1. The SMILES string of the molecule is COc1cc(/C=C2\CCCN3C2=NOC3(C)c2ccc(F)cc2)c(C)cc1-n1cnc(C)c1. The molecule has 1 saturated heterocycles. The molecule has 0 amide bonds. The van der Waals surface area contributed by atoms with Gasteiger partial charge in [0.15, 0.2) is 5.84 Å². The number of benzene rings is 2. The smallest absolute Gasteiger partial charge is 0.234 e. The molecule has 0 saturated carbocycles. The summed E-state index contributed by atoms with van der Waals surface area (Å²) in [6.07, 6.45) is 7.83. The molecule has 1 aromatic heterocycles. The van der Waals surface area contributed by atoms with Crippen molar-refractivity contribution in [3.63, 3.8) is 0 Å². The van der Waals surface area contributed by atoms with Gasteiger partial charge in [-0.05, 0) is 73.7 Å². The number of fused-ring (bicyclic) bond motifs is 1. The molecule has 1 atom stereocenters. The number of imidazole rings is 1. The van der Waals surface area contributed by atoms with Crippen LogP contribution < -0.4 is 4.74 Å². The number of methoxy groups -OCH3 is 1. The van der Waals surface area contributed by atoms with E-state index in [2.05, 4.69) is 40.2 Å². The monoisotopic (exact) mass is 446 g/mol. The van der Waals surface area contributed by atoms with Gasteiger partial charge >= 0.3 is 0 Å². The fourth-order valence-corrected chi connectivity index (χ4v) is 4.58. The van der Waals surface area contributed by atoms with Gasteiger partial charge in [0, 0.05) is 25.2 Å². The topological polar surface area (TPSA) is 51.9 Å². The van der Waals surface area contributed by atoms with Gasteiger partial charge in [-0.3, -0.25) is 0 Å². The molecule has 1 unspecified atom stereocenters. The van der Waals surface area contributed by atoms with Gasteiger partial charge in [0.2, 0.25) is 5.72 Å². The summed E-state index contributed by atoms with van der Waals surface area (Å²) in [6, 6.07) is 10.6. The van der Waals surface area contributed by atoms with Gasteiger partial charge < -0.3 is 19.0 Å². The summed E-state index contributed by atoms with van der Waals surface area (Å²) in [5.41, 5.74) is 5.34. The molecule has 2 aromatic carbocycles. The Bertz CT molecular complexity index is 1260. The number of halogens is 1. The first-order valence-corrected chi connectivity index (χ1v) is 11.1. The first-order valence-electron chi connectivity index (χ1n) is 11.1. The number of aromatic nitrogens is 2. The summed E-state index contributed by atoms with van der Waals surface area (Å²) in [7, 11) is 1.68. The number of amidine groups is 1. The summed E-state index contributed by atoms with van der Waals surface area (Å²) < 4.78 is 21.1. The zero-order valence-electron chi connectivity index (χ0n) is 19.3. The molecule has 0 N–H and O–H groups in total. The number of hydrogen-bond donors (Lipinski definition) is 0. The molecule has 2 aliphatic heterocycles. The Morgan fingerprint density at radius 3 is 2.67 bits per heavy atom. The van der Waals surface area contributed by atoms with E-state index in [1.54, 1.807) is 25.6 Å². The molecule has 0 aliphatic carbocycles. The molecule has 1 fully saturated rings. The molecule has 0 radical (unpaired) electrons. The number of ether oxygens (including phenoxy) is 1. The molecule has 3 aromatic rings. The lowest BCUT2D eigenvalue weighted by Gasteiger charge is -2.37. The fraction of sp³-hybridized carbons (Fsp3) is 0.308. The van der Waals surface area contributed by atoms with Gasteiger partial charge in [-0.25, -0.2) is 9.37 Å². The lowest BCUT2D eigenvalue weighted by Crippen LogP contribution is -2.46. The Morgan fingerprint density at radius 1 is 1.18 bits per heavy atom. The summed E-state index contributed by atoms with van der Waals surface area (Å²) in [4.78, 5) is 12.5. The van der Waals surface area contributed by atoms with Gasteiger partial charge in [0.25, 0.3) is 0 Å². The van der Waals surface area contributed by atoms with E-state index in [9.17, 15) is 4.39 Å². The summed E-state index contributed by atoms with van der Waals surface area (Å²) in [5, 5.41) is 4.46. The second-order valence-electron chi connectivity index (χ2n) is 8.72. The maximum atomic E-state index is 13.5. The zero-order chi connectivity index (χ0) is 23.2. The minimum atomic E-state index is -0.752. The third kappa shape index (κ3) is 3.67. The second kappa shape index (κ2) is 8.06. The van der Waals surface area contributed by atoms with E-state index in [1.165, 1.54) is 12.1 Å². The molecule has 2 aliphatic rings. The summed E-state index contributed by atoms with van der Waals surface area (Å²) >= 11 is 0. The van der Waals surface area contributed by atoms with Gasteiger partial charge in [0.1, 0.15) is 11.6 Å². The molecule has 0 spiro atoms. The lowest BCUT2D eigenvalue weighted by atomic mass is 9.94. The van der Waals surface area contributed by atoms with E-state index >= 15 is 0 Å².